The quantitative estimate of drug-likeness (QED) is 0.663. The number of amides is 1. The lowest BCUT2D eigenvalue weighted by Gasteiger charge is -2.32. The predicted octanol–water partition coefficient (Wildman–Crippen LogP) is 4.64. The Labute approximate surface area is 196 Å². The highest BCUT2D eigenvalue weighted by Crippen LogP contribution is 2.26. The molecule has 1 amide bonds. The molecular formula is C25H31ClN2O3S. The van der Waals surface area contributed by atoms with E-state index < -0.39 is 10.0 Å². The van der Waals surface area contributed by atoms with E-state index in [1.165, 1.54) is 28.3 Å². The van der Waals surface area contributed by atoms with Gasteiger partial charge in [0.05, 0.1) is 17.7 Å². The standard InChI is InChI=1S/C25H31ClN2O3S/c1-18(21-11-10-20-5-2-3-6-22(20)15-21)27-25(29)23-7-4-14-28(16-23)32(30,31)17-19-8-12-24(26)13-9-19/h8-13,15,18,23H,2-7,14,16-17H2,1H3,(H,27,29)/t18-,23-/m1/s1. The molecule has 1 saturated heterocycles. The zero-order valence-electron chi connectivity index (χ0n) is 18.5. The smallest absolute Gasteiger partial charge is 0.224 e. The molecular weight excluding hydrogens is 444 g/mol. The number of carbonyl (C=O) groups is 1. The minimum absolute atomic E-state index is 0.0680. The van der Waals surface area contributed by atoms with Crippen LogP contribution in [0.2, 0.25) is 5.02 Å². The number of aryl methyl sites for hydroxylation is 2. The van der Waals surface area contributed by atoms with E-state index in [-0.39, 0.29) is 30.2 Å². The first-order chi connectivity index (χ1) is 15.3. The van der Waals surface area contributed by atoms with Crippen LogP contribution in [-0.4, -0.2) is 31.7 Å². The van der Waals surface area contributed by atoms with Crippen LogP contribution in [-0.2, 0) is 33.4 Å². The molecule has 1 fully saturated rings. The van der Waals surface area contributed by atoms with Gasteiger partial charge in [-0.15, -0.1) is 0 Å². The maximum absolute atomic E-state index is 13.0. The van der Waals surface area contributed by atoms with Crippen LogP contribution in [0.5, 0.6) is 0 Å². The van der Waals surface area contributed by atoms with Crippen LogP contribution in [0.4, 0.5) is 0 Å². The van der Waals surface area contributed by atoms with Crippen molar-refractivity contribution in [3.05, 3.63) is 69.7 Å². The summed E-state index contributed by atoms with van der Waals surface area (Å²) in [6.45, 7) is 2.69. The number of sulfonamides is 1. The van der Waals surface area contributed by atoms with Crippen molar-refractivity contribution in [3.63, 3.8) is 0 Å². The minimum atomic E-state index is -3.50. The highest BCUT2D eigenvalue weighted by Gasteiger charge is 2.33. The fourth-order valence-electron chi connectivity index (χ4n) is 4.73. The van der Waals surface area contributed by atoms with Crippen molar-refractivity contribution in [1.82, 2.24) is 9.62 Å². The second-order valence-electron chi connectivity index (χ2n) is 9.05. The van der Waals surface area contributed by atoms with Crippen molar-refractivity contribution < 1.29 is 13.2 Å². The molecule has 7 heteroatoms. The second-order valence-corrected chi connectivity index (χ2v) is 11.5. The van der Waals surface area contributed by atoms with Gasteiger partial charge < -0.3 is 5.32 Å². The van der Waals surface area contributed by atoms with Gasteiger partial charge in [-0.1, -0.05) is 41.9 Å². The summed E-state index contributed by atoms with van der Waals surface area (Å²) in [5.41, 5.74) is 4.63. The van der Waals surface area contributed by atoms with Crippen LogP contribution in [0.25, 0.3) is 0 Å². The monoisotopic (exact) mass is 474 g/mol. The average molecular weight is 475 g/mol. The molecule has 32 heavy (non-hydrogen) atoms. The van der Waals surface area contributed by atoms with E-state index in [4.69, 9.17) is 11.6 Å². The van der Waals surface area contributed by atoms with Gasteiger partial charge in [0.2, 0.25) is 15.9 Å². The molecule has 2 aromatic carbocycles. The van der Waals surface area contributed by atoms with Crippen molar-refractivity contribution in [2.24, 2.45) is 5.92 Å². The molecule has 0 aromatic heterocycles. The Morgan fingerprint density at radius 3 is 2.56 bits per heavy atom. The van der Waals surface area contributed by atoms with Gasteiger partial charge in [0, 0.05) is 18.1 Å². The summed E-state index contributed by atoms with van der Waals surface area (Å²) in [5, 5.41) is 3.70. The first kappa shape index (κ1) is 23.3. The van der Waals surface area contributed by atoms with Crippen molar-refractivity contribution in [2.45, 2.75) is 57.2 Å². The molecule has 1 aliphatic carbocycles. The molecule has 0 bridgehead atoms. The van der Waals surface area contributed by atoms with E-state index >= 15 is 0 Å². The first-order valence-electron chi connectivity index (χ1n) is 11.5. The number of carbonyl (C=O) groups excluding carboxylic acids is 1. The van der Waals surface area contributed by atoms with E-state index in [1.807, 2.05) is 6.92 Å². The molecule has 2 aromatic rings. The highest BCUT2D eigenvalue weighted by atomic mass is 35.5. The van der Waals surface area contributed by atoms with Crippen LogP contribution in [0.3, 0.4) is 0 Å². The zero-order chi connectivity index (χ0) is 22.7. The normalized spacial score (nSPS) is 20.4. The molecule has 1 aliphatic heterocycles. The molecule has 0 spiro atoms. The molecule has 5 nitrogen and oxygen atoms in total. The number of piperidine rings is 1. The van der Waals surface area contributed by atoms with Crippen LogP contribution in [0, 0.1) is 5.92 Å². The first-order valence-corrected chi connectivity index (χ1v) is 13.4. The van der Waals surface area contributed by atoms with Gasteiger partial charge in [-0.3, -0.25) is 4.79 Å². The maximum atomic E-state index is 13.0. The van der Waals surface area contributed by atoms with Gasteiger partial charge in [0.25, 0.3) is 0 Å². The molecule has 0 saturated carbocycles. The Balaban J connectivity index is 1.38. The third-order valence-corrected chi connectivity index (χ3v) is 8.71. The molecule has 4 rings (SSSR count). The van der Waals surface area contributed by atoms with Crippen LogP contribution >= 0.6 is 11.6 Å². The fourth-order valence-corrected chi connectivity index (χ4v) is 6.47. The summed E-state index contributed by atoms with van der Waals surface area (Å²) in [5.74, 6) is -0.477. The van der Waals surface area contributed by atoms with E-state index in [0.717, 1.165) is 18.4 Å². The fraction of sp³-hybridized carbons (Fsp3) is 0.480. The number of nitrogens with one attached hydrogen (secondary N) is 1. The molecule has 1 heterocycles. The SMILES string of the molecule is C[C@@H](NC(=O)[C@@H]1CCCN(S(=O)(=O)Cc2ccc(Cl)cc2)C1)c1ccc2c(c1)CCCC2. The summed E-state index contributed by atoms with van der Waals surface area (Å²) in [6.07, 6.45) is 6.10. The van der Waals surface area contributed by atoms with E-state index in [9.17, 15) is 13.2 Å². The molecule has 0 unspecified atom stereocenters. The summed E-state index contributed by atoms with van der Waals surface area (Å²) in [6, 6.07) is 13.3. The molecule has 0 radical (unpaired) electrons. The number of halogens is 1. The lowest BCUT2D eigenvalue weighted by Crippen LogP contribution is -2.46. The van der Waals surface area contributed by atoms with Gasteiger partial charge in [0.1, 0.15) is 0 Å². The predicted molar refractivity (Wildman–Crippen MR) is 128 cm³/mol. The Kier molecular flexibility index (Phi) is 7.23. The molecule has 1 N–H and O–H groups in total. The van der Waals surface area contributed by atoms with Gasteiger partial charge in [-0.05, 0) is 79.8 Å². The number of benzene rings is 2. The van der Waals surface area contributed by atoms with Crippen LogP contribution < -0.4 is 5.32 Å². The molecule has 172 valence electrons. The highest BCUT2D eigenvalue weighted by molar-refractivity contribution is 7.88. The largest absolute Gasteiger partial charge is 0.349 e. The molecule has 2 aliphatic rings. The van der Waals surface area contributed by atoms with Crippen LogP contribution in [0.15, 0.2) is 42.5 Å². The Bertz CT molecular complexity index is 1070. The zero-order valence-corrected chi connectivity index (χ0v) is 20.1. The topological polar surface area (TPSA) is 66.5 Å². The Hall–Kier alpha value is -1.89. The minimum Gasteiger partial charge on any atom is -0.349 e. The summed E-state index contributed by atoms with van der Waals surface area (Å²) in [7, 11) is -3.50. The second kappa shape index (κ2) is 9.94. The maximum Gasteiger partial charge on any atom is 0.224 e. The summed E-state index contributed by atoms with van der Waals surface area (Å²) < 4.78 is 27.4. The number of nitrogens with zero attached hydrogens (tertiary/aromatic N) is 1. The number of hydrogen-bond donors (Lipinski definition) is 1. The number of rotatable bonds is 6. The number of hydrogen-bond acceptors (Lipinski definition) is 3. The summed E-state index contributed by atoms with van der Waals surface area (Å²) in [4.78, 5) is 13.0. The van der Waals surface area contributed by atoms with Gasteiger partial charge in [0.15, 0.2) is 0 Å². The summed E-state index contributed by atoms with van der Waals surface area (Å²) >= 11 is 5.90. The van der Waals surface area contributed by atoms with Crippen molar-refractivity contribution in [2.75, 3.05) is 13.1 Å². The van der Waals surface area contributed by atoms with E-state index in [2.05, 4.69) is 23.5 Å². The lowest BCUT2D eigenvalue weighted by atomic mass is 9.89. The molecule has 2 atom stereocenters. The van der Waals surface area contributed by atoms with Gasteiger partial charge in [-0.25, -0.2) is 12.7 Å². The Morgan fingerprint density at radius 2 is 1.81 bits per heavy atom. The third-order valence-electron chi connectivity index (χ3n) is 6.64. The number of fused-ring (bicyclic) bond motifs is 1. The van der Waals surface area contributed by atoms with E-state index in [1.54, 1.807) is 24.3 Å². The third kappa shape index (κ3) is 5.53. The van der Waals surface area contributed by atoms with Crippen LogP contribution in [0.1, 0.15) is 60.9 Å². The van der Waals surface area contributed by atoms with Crippen molar-refractivity contribution in [1.29, 1.82) is 0 Å². The van der Waals surface area contributed by atoms with Crippen molar-refractivity contribution >= 4 is 27.5 Å². The van der Waals surface area contributed by atoms with Gasteiger partial charge >= 0.3 is 0 Å². The van der Waals surface area contributed by atoms with E-state index in [0.29, 0.717) is 30.0 Å². The lowest BCUT2D eigenvalue weighted by molar-refractivity contribution is -0.126. The van der Waals surface area contributed by atoms with Gasteiger partial charge in [-0.2, -0.15) is 0 Å². The van der Waals surface area contributed by atoms with Crippen molar-refractivity contribution in [3.8, 4) is 0 Å². The Morgan fingerprint density at radius 1 is 1.09 bits per heavy atom. The average Bonchev–Trinajstić information content (AvgIpc) is 2.80.